The molecule has 0 heterocycles. The number of esters is 1. The number of halogens is 1. The molecule has 0 radical (unpaired) electrons. The standard InChI is InChI=1S/C20H37IO2/c1-20(22)23-19-17-15-13-11-9-7-5-3-2-4-6-8-10-12-14-16-18-21/h12,14H,2-11,13,15-19H2,1H3/b14-12-. The number of carbonyl (C=O) groups is 1. The Bertz CT molecular complexity index is 277. The Hall–Kier alpha value is -0.0600. The molecule has 0 rings (SSSR count). The normalized spacial score (nSPS) is 11.2. The van der Waals surface area contributed by atoms with Crippen LogP contribution in [-0.2, 0) is 9.53 Å². The van der Waals surface area contributed by atoms with Gasteiger partial charge in [-0.2, -0.15) is 0 Å². The van der Waals surface area contributed by atoms with Crippen LogP contribution in [0.2, 0.25) is 0 Å². The van der Waals surface area contributed by atoms with E-state index in [0.29, 0.717) is 6.61 Å². The van der Waals surface area contributed by atoms with E-state index in [1.54, 1.807) is 0 Å². The number of hydrogen-bond acceptors (Lipinski definition) is 2. The summed E-state index contributed by atoms with van der Waals surface area (Å²) in [6.07, 6.45) is 23.2. The average molecular weight is 436 g/mol. The molecule has 136 valence electrons. The molecule has 0 fully saturated rings. The van der Waals surface area contributed by atoms with E-state index in [9.17, 15) is 4.79 Å². The van der Waals surface area contributed by atoms with Crippen LogP contribution in [0.15, 0.2) is 12.2 Å². The van der Waals surface area contributed by atoms with Crippen molar-refractivity contribution in [1.82, 2.24) is 0 Å². The predicted molar refractivity (Wildman–Crippen MR) is 109 cm³/mol. The zero-order valence-corrected chi connectivity index (χ0v) is 17.3. The lowest BCUT2D eigenvalue weighted by atomic mass is 10.0. The van der Waals surface area contributed by atoms with Crippen molar-refractivity contribution < 1.29 is 9.53 Å². The first-order chi connectivity index (χ1) is 11.3. The van der Waals surface area contributed by atoms with E-state index >= 15 is 0 Å². The van der Waals surface area contributed by atoms with Gasteiger partial charge < -0.3 is 4.74 Å². The summed E-state index contributed by atoms with van der Waals surface area (Å²) >= 11 is 2.42. The number of allylic oxidation sites excluding steroid dienone is 2. The van der Waals surface area contributed by atoms with Gasteiger partial charge in [0.05, 0.1) is 6.61 Å². The van der Waals surface area contributed by atoms with E-state index in [0.717, 1.165) is 6.42 Å². The van der Waals surface area contributed by atoms with Crippen LogP contribution in [0.1, 0.15) is 96.8 Å². The first kappa shape index (κ1) is 22.9. The highest BCUT2D eigenvalue weighted by molar-refractivity contribution is 14.1. The first-order valence-electron chi connectivity index (χ1n) is 9.61. The predicted octanol–water partition coefficient (Wildman–Crippen LogP) is 7.00. The summed E-state index contributed by atoms with van der Waals surface area (Å²) in [6.45, 7) is 2.08. The maximum atomic E-state index is 10.6. The Balaban J connectivity index is 3.01. The number of alkyl halides is 1. The molecule has 0 amide bonds. The third-order valence-corrected chi connectivity index (χ3v) is 4.64. The minimum Gasteiger partial charge on any atom is -0.466 e. The Morgan fingerprint density at radius 1 is 0.739 bits per heavy atom. The summed E-state index contributed by atoms with van der Waals surface area (Å²) in [7, 11) is 0. The molecule has 0 aliphatic heterocycles. The van der Waals surface area contributed by atoms with Crippen LogP contribution in [0, 0.1) is 0 Å². The lowest BCUT2D eigenvalue weighted by Gasteiger charge is -2.03. The molecule has 0 spiro atoms. The molecule has 0 aliphatic carbocycles. The van der Waals surface area contributed by atoms with Gasteiger partial charge in [0.25, 0.3) is 0 Å². The molecule has 0 N–H and O–H groups in total. The summed E-state index contributed by atoms with van der Waals surface area (Å²) in [4.78, 5) is 10.6. The van der Waals surface area contributed by atoms with Gasteiger partial charge in [0.15, 0.2) is 0 Å². The summed E-state index contributed by atoms with van der Waals surface area (Å²) in [5.74, 6) is -0.155. The SMILES string of the molecule is CC(=O)OCCCCCCCCCCCCCC/C=C\CCI. The van der Waals surface area contributed by atoms with E-state index < -0.39 is 0 Å². The molecule has 0 bridgehead atoms. The average Bonchev–Trinajstić information content (AvgIpc) is 2.53. The van der Waals surface area contributed by atoms with Crippen LogP contribution < -0.4 is 0 Å². The molecular weight excluding hydrogens is 399 g/mol. The van der Waals surface area contributed by atoms with Crippen LogP contribution in [0.4, 0.5) is 0 Å². The van der Waals surface area contributed by atoms with Gasteiger partial charge in [-0.25, -0.2) is 0 Å². The molecule has 0 aromatic carbocycles. The Kier molecular flexibility index (Phi) is 19.9. The fourth-order valence-corrected chi connectivity index (χ4v) is 3.01. The zero-order valence-electron chi connectivity index (χ0n) is 15.2. The molecule has 0 saturated heterocycles. The summed E-state index contributed by atoms with van der Waals surface area (Å²) in [6, 6.07) is 0. The fraction of sp³-hybridized carbons (Fsp3) is 0.850. The van der Waals surface area contributed by atoms with Crippen molar-refractivity contribution in [2.45, 2.75) is 96.8 Å². The highest BCUT2D eigenvalue weighted by atomic mass is 127. The van der Waals surface area contributed by atoms with Crippen LogP contribution >= 0.6 is 22.6 Å². The first-order valence-corrected chi connectivity index (χ1v) is 11.1. The lowest BCUT2D eigenvalue weighted by molar-refractivity contribution is -0.141. The molecule has 0 aliphatic rings. The second-order valence-electron chi connectivity index (χ2n) is 6.32. The van der Waals surface area contributed by atoms with Crippen molar-refractivity contribution >= 4 is 28.6 Å². The molecule has 0 saturated carbocycles. The quantitative estimate of drug-likeness (QED) is 0.0807. The van der Waals surface area contributed by atoms with Gasteiger partial charge in [0.2, 0.25) is 0 Å². The maximum Gasteiger partial charge on any atom is 0.302 e. The smallest absolute Gasteiger partial charge is 0.302 e. The Morgan fingerprint density at radius 2 is 1.17 bits per heavy atom. The number of unbranched alkanes of at least 4 members (excludes halogenated alkanes) is 12. The van der Waals surface area contributed by atoms with Crippen molar-refractivity contribution in [3.05, 3.63) is 12.2 Å². The number of hydrogen-bond donors (Lipinski definition) is 0. The molecule has 0 aromatic heterocycles. The van der Waals surface area contributed by atoms with Gasteiger partial charge in [-0.3, -0.25) is 4.79 Å². The van der Waals surface area contributed by atoms with Crippen LogP contribution in [0.5, 0.6) is 0 Å². The van der Waals surface area contributed by atoms with E-state index in [1.807, 2.05) is 0 Å². The monoisotopic (exact) mass is 436 g/mol. The molecule has 23 heavy (non-hydrogen) atoms. The number of ether oxygens (including phenoxy) is 1. The lowest BCUT2D eigenvalue weighted by Crippen LogP contribution is -2.00. The molecular formula is C20H37IO2. The van der Waals surface area contributed by atoms with Gasteiger partial charge >= 0.3 is 5.97 Å². The number of carbonyl (C=O) groups excluding carboxylic acids is 1. The van der Waals surface area contributed by atoms with Crippen molar-refractivity contribution in [1.29, 1.82) is 0 Å². The highest BCUT2D eigenvalue weighted by Crippen LogP contribution is 2.12. The van der Waals surface area contributed by atoms with Crippen LogP contribution in [-0.4, -0.2) is 17.0 Å². The van der Waals surface area contributed by atoms with Gasteiger partial charge in [0, 0.05) is 11.4 Å². The highest BCUT2D eigenvalue weighted by Gasteiger charge is 1.95. The Labute approximate surface area is 158 Å². The zero-order chi connectivity index (χ0) is 17.0. The van der Waals surface area contributed by atoms with Crippen LogP contribution in [0.25, 0.3) is 0 Å². The van der Waals surface area contributed by atoms with Crippen molar-refractivity contribution in [2.75, 3.05) is 11.0 Å². The van der Waals surface area contributed by atoms with Crippen molar-refractivity contribution in [2.24, 2.45) is 0 Å². The minimum atomic E-state index is -0.155. The number of rotatable bonds is 17. The van der Waals surface area contributed by atoms with Gasteiger partial charge in [-0.05, 0) is 25.7 Å². The summed E-state index contributed by atoms with van der Waals surface area (Å²) in [5, 5.41) is 0. The Morgan fingerprint density at radius 3 is 1.65 bits per heavy atom. The second kappa shape index (κ2) is 20.0. The third-order valence-electron chi connectivity index (χ3n) is 4.01. The van der Waals surface area contributed by atoms with E-state index in [1.165, 1.54) is 94.8 Å². The summed E-state index contributed by atoms with van der Waals surface area (Å²) in [5.41, 5.74) is 0. The van der Waals surface area contributed by atoms with Gasteiger partial charge in [0.1, 0.15) is 0 Å². The van der Waals surface area contributed by atoms with Gasteiger partial charge in [-0.15, -0.1) is 0 Å². The summed E-state index contributed by atoms with van der Waals surface area (Å²) < 4.78 is 6.16. The van der Waals surface area contributed by atoms with Crippen molar-refractivity contribution in [3.63, 3.8) is 0 Å². The third kappa shape index (κ3) is 21.9. The van der Waals surface area contributed by atoms with E-state index in [2.05, 4.69) is 34.7 Å². The maximum absolute atomic E-state index is 10.6. The largest absolute Gasteiger partial charge is 0.466 e. The van der Waals surface area contributed by atoms with Gasteiger partial charge in [-0.1, -0.05) is 99.0 Å². The van der Waals surface area contributed by atoms with E-state index in [-0.39, 0.29) is 5.97 Å². The van der Waals surface area contributed by atoms with Crippen LogP contribution in [0.3, 0.4) is 0 Å². The molecule has 0 unspecified atom stereocenters. The second-order valence-corrected chi connectivity index (χ2v) is 7.40. The molecule has 0 atom stereocenters. The van der Waals surface area contributed by atoms with E-state index in [4.69, 9.17) is 4.74 Å². The molecule has 2 nitrogen and oxygen atoms in total. The van der Waals surface area contributed by atoms with Crippen molar-refractivity contribution in [3.8, 4) is 0 Å². The molecule has 0 aromatic rings. The topological polar surface area (TPSA) is 26.3 Å². The fourth-order valence-electron chi connectivity index (χ4n) is 2.65. The molecule has 3 heteroatoms. The minimum absolute atomic E-state index is 0.155.